The van der Waals surface area contributed by atoms with Gasteiger partial charge in [-0.1, -0.05) is 175 Å². The van der Waals surface area contributed by atoms with Crippen molar-refractivity contribution in [1.29, 1.82) is 0 Å². The van der Waals surface area contributed by atoms with Crippen molar-refractivity contribution >= 4 is 39.0 Å². The van der Waals surface area contributed by atoms with Crippen molar-refractivity contribution in [3.05, 3.63) is 198 Å². The van der Waals surface area contributed by atoms with Crippen LogP contribution in [0.1, 0.15) is 76.6 Å². The maximum absolute atomic E-state index is 6.52. The molecule has 0 spiro atoms. The van der Waals surface area contributed by atoms with E-state index in [-0.39, 0.29) is 16.2 Å². The Bertz CT molecular complexity index is 3140. The van der Waals surface area contributed by atoms with Crippen LogP contribution in [-0.4, -0.2) is 0 Å². The first-order valence-corrected chi connectivity index (χ1v) is 21.9. The van der Waals surface area contributed by atoms with Crippen LogP contribution in [0.25, 0.3) is 66.4 Å². The van der Waals surface area contributed by atoms with Crippen molar-refractivity contribution in [2.24, 2.45) is 0 Å². The summed E-state index contributed by atoms with van der Waals surface area (Å²) in [7, 11) is 0. The van der Waals surface area contributed by atoms with Crippen molar-refractivity contribution < 1.29 is 4.42 Å². The molecule has 61 heavy (non-hydrogen) atoms. The number of nitrogens with zero attached hydrogens (tertiary/aromatic N) is 1. The van der Waals surface area contributed by atoms with Crippen LogP contribution in [-0.2, 0) is 16.2 Å². The third-order valence-corrected chi connectivity index (χ3v) is 14.1. The number of furan rings is 1. The Morgan fingerprint density at radius 1 is 0.410 bits per heavy atom. The standard InChI is InChI=1S/C59H51NO/c1-57(2)34-35-58(3,4)55-46(21-15-24-51(55)57)49-36-48-44-18-10-12-23-50(44)59(5,6)52(48)37-53(49)60(41-30-26-39(27-31-41)38-16-8-7-9-17-38)42-32-28-40(29-33-42)43-20-14-22-47-45-19-11-13-25-54(45)61-56(43)47/h7-33,36-37H,34-35H2,1-6H3. The third-order valence-electron chi connectivity index (χ3n) is 14.1. The van der Waals surface area contributed by atoms with Crippen LogP contribution in [0, 0.1) is 0 Å². The lowest BCUT2D eigenvalue weighted by molar-refractivity contribution is 0.333. The molecule has 0 amide bonds. The topological polar surface area (TPSA) is 16.4 Å². The first-order chi connectivity index (χ1) is 29.5. The second-order valence-electron chi connectivity index (χ2n) is 19.2. The predicted molar refractivity (Wildman–Crippen MR) is 258 cm³/mol. The molecule has 8 aromatic carbocycles. The van der Waals surface area contributed by atoms with Crippen LogP contribution in [0.5, 0.6) is 0 Å². The molecule has 2 nitrogen and oxygen atoms in total. The zero-order valence-electron chi connectivity index (χ0n) is 36.0. The summed E-state index contributed by atoms with van der Waals surface area (Å²) in [6, 6.07) is 65.0. The van der Waals surface area contributed by atoms with Crippen LogP contribution in [0.3, 0.4) is 0 Å². The largest absolute Gasteiger partial charge is 0.455 e. The summed E-state index contributed by atoms with van der Waals surface area (Å²) in [4.78, 5) is 2.51. The minimum absolute atomic E-state index is 0.0103. The Morgan fingerprint density at radius 2 is 0.984 bits per heavy atom. The molecule has 1 aromatic heterocycles. The van der Waals surface area contributed by atoms with Crippen molar-refractivity contribution in [1.82, 2.24) is 0 Å². The van der Waals surface area contributed by atoms with E-state index in [0.717, 1.165) is 50.9 Å². The van der Waals surface area contributed by atoms with E-state index in [4.69, 9.17) is 4.42 Å². The first-order valence-electron chi connectivity index (χ1n) is 21.9. The van der Waals surface area contributed by atoms with Gasteiger partial charge < -0.3 is 9.32 Å². The monoisotopic (exact) mass is 789 g/mol. The Labute approximate surface area is 360 Å². The Kier molecular flexibility index (Phi) is 8.39. The normalized spacial score (nSPS) is 15.6. The highest BCUT2D eigenvalue weighted by Crippen LogP contribution is 2.56. The lowest BCUT2D eigenvalue weighted by atomic mass is 9.61. The molecule has 1 heterocycles. The molecule has 0 N–H and O–H groups in total. The summed E-state index contributed by atoms with van der Waals surface area (Å²) in [6.45, 7) is 14.6. The maximum Gasteiger partial charge on any atom is 0.143 e. The summed E-state index contributed by atoms with van der Waals surface area (Å²) < 4.78 is 6.52. The Morgan fingerprint density at radius 3 is 1.75 bits per heavy atom. The van der Waals surface area contributed by atoms with Gasteiger partial charge >= 0.3 is 0 Å². The smallest absolute Gasteiger partial charge is 0.143 e. The lowest BCUT2D eigenvalue weighted by Crippen LogP contribution is -2.34. The van der Waals surface area contributed by atoms with Crippen LogP contribution in [0.4, 0.5) is 17.1 Å². The fourth-order valence-corrected chi connectivity index (χ4v) is 10.7. The quantitative estimate of drug-likeness (QED) is 0.167. The highest BCUT2D eigenvalue weighted by molar-refractivity contribution is 6.09. The molecule has 9 aromatic rings. The molecule has 0 bridgehead atoms. The molecule has 2 aliphatic carbocycles. The SMILES string of the molecule is CC1(C)CCC(C)(C)c2c(-c3cc4c(cc3N(c3ccc(-c5ccccc5)cc3)c3ccc(-c5cccc6c5oc5ccccc56)cc3)C(C)(C)c3ccccc3-4)cccc21. The highest BCUT2D eigenvalue weighted by atomic mass is 16.3. The molecule has 2 aliphatic rings. The summed E-state index contributed by atoms with van der Waals surface area (Å²) in [5.74, 6) is 0. The molecule has 0 fully saturated rings. The van der Waals surface area contributed by atoms with Crippen molar-refractivity contribution in [3.63, 3.8) is 0 Å². The van der Waals surface area contributed by atoms with Gasteiger partial charge in [-0.15, -0.1) is 0 Å². The average Bonchev–Trinajstić information content (AvgIpc) is 3.77. The fraction of sp³-hybridized carbons (Fsp3) is 0.186. The van der Waals surface area contributed by atoms with E-state index in [0.29, 0.717) is 0 Å². The highest BCUT2D eigenvalue weighted by Gasteiger charge is 2.41. The number of hydrogen-bond acceptors (Lipinski definition) is 2. The van der Waals surface area contributed by atoms with Gasteiger partial charge in [0, 0.05) is 38.7 Å². The van der Waals surface area contributed by atoms with E-state index in [1.165, 1.54) is 67.7 Å². The van der Waals surface area contributed by atoms with E-state index in [1.807, 2.05) is 6.07 Å². The van der Waals surface area contributed by atoms with Gasteiger partial charge in [-0.3, -0.25) is 0 Å². The third kappa shape index (κ3) is 5.91. The second kappa shape index (κ2) is 13.7. The first kappa shape index (κ1) is 37.4. The summed E-state index contributed by atoms with van der Waals surface area (Å²) >= 11 is 0. The second-order valence-corrected chi connectivity index (χ2v) is 19.2. The summed E-state index contributed by atoms with van der Waals surface area (Å²) in [5, 5.41) is 2.28. The van der Waals surface area contributed by atoms with Gasteiger partial charge in [-0.05, 0) is 122 Å². The van der Waals surface area contributed by atoms with E-state index < -0.39 is 0 Å². The van der Waals surface area contributed by atoms with Gasteiger partial charge in [0.2, 0.25) is 0 Å². The maximum atomic E-state index is 6.52. The number of para-hydroxylation sites is 2. The number of fused-ring (bicyclic) bond motifs is 7. The summed E-state index contributed by atoms with van der Waals surface area (Å²) in [6.07, 6.45) is 2.31. The number of anilines is 3. The molecule has 0 atom stereocenters. The van der Waals surface area contributed by atoms with Gasteiger partial charge in [0.15, 0.2) is 0 Å². The molecule has 0 unspecified atom stereocenters. The van der Waals surface area contributed by atoms with Gasteiger partial charge in [-0.2, -0.15) is 0 Å². The number of rotatable bonds is 6. The average molecular weight is 790 g/mol. The molecule has 0 saturated heterocycles. The van der Waals surface area contributed by atoms with Crippen LogP contribution >= 0.6 is 0 Å². The number of hydrogen-bond donors (Lipinski definition) is 0. The van der Waals surface area contributed by atoms with Crippen LogP contribution in [0.2, 0.25) is 0 Å². The van der Waals surface area contributed by atoms with Crippen molar-refractivity contribution in [2.45, 2.75) is 70.6 Å². The van der Waals surface area contributed by atoms with E-state index >= 15 is 0 Å². The molecule has 0 saturated carbocycles. The lowest BCUT2D eigenvalue weighted by Gasteiger charge is -2.43. The minimum Gasteiger partial charge on any atom is -0.455 e. The van der Waals surface area contributed by atoms with Crippen LogP contribution < -0.4 is 4.90 Å². The zero-order valence-corrected chi connectivity index (χ0v) is 36.0. The molecular formula is C59H51NO. The summed E-state index contributed by atoms with van der Waals surface area (Å²) in [5.41, 5.74) is 20.7. The van der Waals surface area contributed by atoms with Gasteiger partial charge in [-0.25, -0.2) is 0 Å². The van der Waals surface area contributed by atoms with Gasteiger partial charge in [0.25, 0.3) is 0 Å². The van der Waals surface area contributed by atoms with E-state index in [2.05, 4.69) is 216 Å². The van der Waals surface area contributed by atoms with E-state index in [9.17, 15) is 0 Å². The molecule has 298 valence electrons. The molecule has 11 rings (SSSR count). The van der Waals surface area contributed by atoms with Gasteiger partial charge in [0.1, 0.15) is 11.2 Å². The van der Waals surface area contributed by atoms with Crippen molar-refractivity contribution in [3.8, 4) is 44.5 Å². The van der Waals surface area contributed by atoms with E-state index in [1.54, 1.807) is 0 Å². The van der Waals surface area contributed by atoms with Crippen molar-refractivity contribution in [2.75, 3.05) is 4.90 Å². The Balaban J connectivity index is 1.16. The molecule has 0 aliphatic heterocycles. The Hall–Kier alpha value is -6.64. The zero-order chi connectivity index (χ0) is 41.7. The molecule has 2 heteroatoms. The molecule has 0 radical (unpaired) electrons. The minimum atomic E-state index is -0.172. The predicted octanol–water partition coefficient (Wildman–Crippen LogP) is 16.7. The van der Waals surface area contributed by atoms with Crippen LogP contribution in [0.15, 0.2) is 180 Å². The fourth-order valence-electron chi connectivity index (χ4n) is 10.7. The molecular weight excluding hydrogens is 739 g/mol. The van der Waals surface area contributed by atoms with Gasteiger partial charge in [0.05, 0.1) is 5.69 Å². The number of benzene rings is 8.